The third-order valence-corrected chi connectivity index (χ3v) is 3.13. The highest BCUT2D eigenvalue weighted by Gasteiger charge is 1.99. The van der Waals surface area contributed by atoms with E-state index >= 15 is 0 Å². The second-order valence-corrected chi connectivity index (χ2v) is 5.31. The van der Waals surface area contributed by atoms with E-state index in [-0.39, 0.29) is 5.75 Å². The third kappa shape index (κ3) is 6.53. The van der Waals surface area contributed by atoms with Crippen molar-refractivity contribution in [2.24, 2.45) is 0 Å². The number of nitrogens with zero attached hydrogens (tertiary/aromatic N) is 1. The number of rotatable bonds is 7. The fourth-order valence-electron chi connectivity index (χ4n) is 1.51. The Labute approximate surface area is 96.7 Å². The van der Waals surface area contributed by atoms with Gasteiger partial charge in [-0.3, -0.25) is 0 Å². The van der Waals surface area contributed by atoms with Gasteiger partial charge >= 0.3 is 0 Å². The average Bonchev–Trinajstić information content (AvgIpc) is 2.23. The largest absolute Gasteiger partial charge is 0.748 e. The van der Waals surface area contributed by atoms with Crippen LogP contribution >= 0.6 is 0 Å². The molecule has 1 aromatic rings. The molecule has 0 fully saturated rings. The van der Waals surface area contributed by atoms with Crippen LogP contribution in [0.3, 0.4) is 0 Å². The molecule has 16 heavy (non-hydrogen) atoms. The molecular formula is C11H17NO3S. The number of hydrogen-bond acceptors (Lipinski definition) is 3. The monoisotopic (exact) mass is 243 g/mol. The summed E-state index contributed by atoms with van der Waals surface area (Å²) in [5.41, 5.74) is 0. The minimum Gasteiger partial charge on any atom is -0.748 e. The van der Waals surface area contributed by atoms with Crippen molar-refractivity contribution in [1.29, 1.82) is 0 Å². The van der Waals surface area contributed by atoms with E-state index in [1.807, 2.05) is 30.6 Å². The minimum absolute atomic E-state index is 0.231. The molecule has 0 N–H and O–H groups in total. The molecule has 1 aromatic heterocycles. The lowest BCUT2D eigenvalue weighted by molar-refractivity contribution is -0.697. The fourth-order valence-corrected chi connectivity index (χ4v) is 2.07. The standard InChI is InChI=1S/C11H17NO3S/c13-16(14,15)11-7-2-1-4-8-12-9-5-3-6-10-12/h3,5-6,9-10H,1-2,4,7-8,11H2. The Morgan fingerprint density at radius 1 is 0.938 bits per heavy atom. The van der Waals surface area contributed by atoms with Crippen LogP contribution in [0.5, 0.6) is 0 Å². The predicted molar refractivity (Wildman–Crippen MR) is 59.7 cm³/mol. The molecule has 1 rings (SSSR count). The number of aryl methyl sites for hydroxylation is 1. The van der Waals surface area contributed by atoms with Gasteiger partial charge < -0.3 is 4.55 Å². The Bertz CT molecular complexity index is 389. The summed E-state index contributed by atoms with van der Waals surface area (Å²) in [5, 5.41) is 0. The van der Waals surface area contributed by atoms with Crippen LogP contribution in [0.15, 0.2) is 30.6 Å². The maximum absolute atomic E-state index is 10.3. The van der Waals surface area contributed by atoms with Gasteiger partial charge in [-0.05, 0) is 12.8 Å². The molecule has 5 heteroatoms. The molecular weight excluding hydrogens is 226 g/mol. The highest BCUT2D eigenvalue weighted by Crippen LogP contribution is 2.01. The van der Waals surface area contributed by atoms with E-state index in [9.17, 15) is 13.0 Å². The topological polar surface area (TPSA) is 61.1 Å². The molecule has 0 atom stereocenters. The zero-order valence-electron chi connectivity index (χ0n) is 9.21. The molecule has 4 nitrogen and oxygen atoms in total. The third-order valence-electron chi connectivity index (χ3n) is 2.34. The molecule has 1 heterocycles. The first-order valence-electron chi connectivity index (χ1n) is 5.45. The molecule has 0 unspecified atom stereocenters. The molecule has 0 saturated carbocycles. The zero-order chi connectivity index (χ0) is 11.9. The van der Waals surface area contributed by atoms with Gasteiger partial charge in [-0.2, -0.15) is 0 Å². The number of pyridine rings is 1. The molecule has 0 bridgehead atoms. The molecule has 0 radical (unpaired) electrons. The van der Waals surface area contributed by atoms with Crippen LogP contribution in [0, 0.1) is 0 Å². The van der Waals surface area contributed by atoms with Crippen molar-refractivity contribution < 1.29 is 17.5 Å². The summed E-state index contributed by atoms with van der Waals surface area (Å²) in [5.74, 6) is -0.231. The van der Waals surface area contributed by atoms with Crippen molar-refractivity contribution in [2.75, 3.05) is 5.75 Å². The van der Waals surface area contributed by atoms with Gasteiger partial charge in [0.2, 0.25) is 0 Å². The molecule has 0 aliphatic rings. The summed E-state index contributed by atoms with van der Waals surface area (Å²) in [6, 6.07) is 5.92. The Hall–Kier alpha value is -0.940. The summed E-state index contributed by atoms with van der Waals surface area (Å²) >= 11 is 0. The van der Waals surface area contributed by atoms with E-state index in [2.05, 4.69) is 4.57 Å². The van der Waals surface area contributed by atoms with Gasteiger partial charge in [-0.1, -0.05) is 12.5 Å². The number of aromatic nitrogens is 1. The Kier molecular flexibility index (Phi) is 5.42. The van der Waals surface area contributed by atoms with Crippen LogP contribution in [0.25, 0.3) is 0 Å². The summed E-state index contributed by atoms with van der Waals surface area (Å²) in [6.07, 6.45) is 7.25. The van der Waals surface area contributed by atoms with Gasteiger partial charge in [0.05, 0.1) is 10.1 Å². The summed E-state index contributed by atoms with van der Waals surface area (Å²) in [4.78, 5) is 0. The summed E-state index contributed by atoms with van der Waals surface area (Å²) in [6.45, 7) is 0.935. The maximum atomic E-state index is 10.3. The smallest absolute Gasteiger partial charge is 0.168 e. The predicted octanol–water partition coefficient (Wildman–Crippen LogP) is 1.08. The summed E-state index contributed by atoms with van der Waals surface area (Å²) < 4.78 is 33.1. The van der Waals surface area contributed by atoms with Crippen molar-refractivity contribution in [2.45, 2.75) is 32.2 Å². The minimum atomic E-state index is -4.02. The number of hydrogen-bond donors (Lipinski definition) is 0. The molecule has 0 spiro atoms. The molecule has 90 valence electrons. The molecule has 0 saturated heterocycles. The Morgan fingerprint density at radius 2 is 1.56 bits per heavy atom. The van der Waals surface area contributed by atoms with Crippen LogP contribution in [0.2, 0.25) is 0 Å². The van der Waals surface area contributed by atoms with Crippen molar-refractivity contribution in [3.63, 3.8) is 0 Å². The molecule has 0 aliphatic carbocycles. The normalized spacial score (nSPS) is 11.6. The van der Waals surface area contributed by atoms with E-state index in [1.165, 1.54) is 0 Å². The second-order valence-electron chi connectivity index (χ2n) is 3.79. The van der Waals surface area contributed by atoms with Crippen LogP contribution in [0.1, 0.15) is 25.7 Å². The molecule has 0 aliphatic heterocycles. The lowest BCUT2D eigenvalue weighted by Gasteiger charge is -2.05. The Balaban J connectivity index is 2.05. The van der Waals surface area contributed by atoms with Crippen molar-refractivity contribution in [3.8, 4) is 0 Å². The van der Waals surface area contributed by atoms with E-state index in [1.54, 1.807) is 0 Å². The van der Waals surface area contributed by atoms with Crippen LogP contribution < -0.4 is 4.57 Å². The molecule has 0 amide bonds. The second kappa shape index (κ2) is 6.60. The maximum Gasteiger partial charge on any atom is 0.168 e. The lowest BCUT2D eigenvalue weighted by Crippen LogP contribution is -2.32. The highest BCUT2D eigenvalue weighted by molar-refractivity contribution is 7.85. The van der Waals surface area contributed by atoms with Gasteiger partial charge in [-0.15, -0.1) is 0 Å². The highest BCUT2D eigenvalue weighted by atomic mass is 32.2. The SMILES string of the molecule is O=S(=O)([O-])CCCCCC[n+]1ccccc1. The van der Waals surface area contributed by atoms with Gasteiger partial charge in [0.25, 0.3) is 0 Å². The van der Waals surface area contributed by atoms with E-state index in [0.29, 0.717) is 6.42 Å². The zero-order valence-corrected chi connectivity index (χ0v) is 10.0. The number of unbranched alkanes of at least 4 members (excludes halogenated alkanes) is 3. The van der Waals surface area contributed by atoms with Crippen LogP contribution in [-0.4, -0.2) is 18.7 Å². The quantitative estimate of drug-likeness (QED) is 0.409. The first-order chi connectivity index (χ1) is 7.58. The van der Waals surface area contributed by atoms with E-state index < -0.39 is 10.1 Å². The molecule has 0 aromatic carbocycles. The fraction of sp³-hybridized carbons (Fsp3) is 0.545. The van der Waals surface area contributed by atoms with Gasteiger partial charge in [-0.25, -0.2) is 13.0 Å². The first kappa shape index (κ1) is 13.1. The van der Waals surface area contributed by atoms with Crippen molar-refractivity contribution in [3.05, 3.63) is 30.6 Å². The van der Waals surface area contributed by atoms with Gasteiger partial charge in [0.1, 0.15) is 6.54 Å². The van der Waals surface area contributed by atoms with Crippen LogP contribution in [0.4, 0.5) is 0 Å². The Morgan fingerprint density at radius 3 is 2.19 bits per heavy atom. The van der Waals surface area contributed by atoms with Crippen LogP contribution in [-0.2, 0) is 16.7 Å². The van der Waals surface area contributed by atoms with E-state index in [0.717, 1.165) is 25.8 Å². The summed E-state index contributed by atoms with van der Waals surface area (Å²) in [7, 11) is -4.02. The van der Waals surface area contributed by atoms with Crippen molar-refractivity contribution >= 4 is 10.1 Å². The van der Waals surface area contributed by atoms with Crippen molar-refractivity contribution in [1.82, 2.24) is 0 Å². The first-order valence-corrected chi connectivity index (χ1v) is 7.03. The van der Waals surface area contributed by atoms with Gasteiger partial charge in [0.15, 0.2) is 12.4 Å². The van der Waals surface area contributed by atoms with Gasteiger partial charge in [0, 0.05) is 24.3 Å². The lowest BCUT2D eigenvalue weighted by atomic mass is 10.2. The van der Waals surface area contributed by atoms with E-state index in [4.69, 9.17) is 0 Å². The average molecular weight is 243 g/mol.